The molecule has 1 aromatic carbocycles. The van der Waals surface area contributed by atoms with Gasteiger partial charge in [0.2, 0.25) is 0 Å². The van der Waals surface area contributed by atoms with Crippen LogP contribution in [0.2, 0.25) is 0 Å². The quantitative estimate of drug-likeness (QED) is 0.497. The van der Waals surface area contributed by atoms with E-state index in [4.69, 9.17) is 9.72 Å². The van der Waals surface area contributed by atoms with Gasteiger partial charge in [-0.25, -0.2) is 4.98 Å². The molecule has 0 saturated heterocycles. The van der Waals surface area contributed by atoms with Crippen molar-refractivity contribution in [1.82, 2.24) is 9.55 Å². The van der Waals surface area contributed by atoms with Crippen molar-refractivity contribution in [3.63, 3.8) is 0 Å². The minimum atomic E-state index is -1.60. The first-order valence-corrected chi connectivity index (χ1v) is 11.1. The topological polar surface area (TPSA) is 84.6 Å². The molecule has 160 valence electrons. The van der Waals surface area contributed by atoms with Gasteiger partial charge in [-0.3, -0.25) is 4.79 Å². The van der Waals surface area contributed by atoms with Crippen LogP contribution in [0.5, 0.6) is 0 Å². The van der Waals surface area contributed by atoms with Crippen LogP contribution >= 0.6 is 0 Å². The average molecular weight is 418 g/mol. The summed E-state index contributed by atoms with van der Waals surface area (Å²) in [4.78, 5) is 18.5. The maximum atomic E-state index is 13.4. The van der Waals surface area contributed by atoms with Crippen LogP contribution in [-0.2, 0) is 36.3 Å². The summed E-state index contributed by atoms with van der Waals surface area (Å²) in [6.07, 6.45) is 2.04. The Bertz CT molecular complexity index is 1360. The molecule has 2 atom stereocenters. The van der Waals surface area contributed by atoms with Gasteiger partial charge < -0.3 is 19.5 Å². The maximum Gasteiger partial charge on any atom is 0.257 e. The van der Waals surface area contributed by atoms with E-state index in [1.807, 2.05) is 6.07 Å². The highest BCUT2D eigenvalue weighted by atomic mass is 16.6. The lowest BCUT2D eigenvalue weighted by Crippen LogP contribution is -2.47. The molecule has 1 unspecified atom stereocenters. The normalized spacial score (nSPS) is 23.6. The summed E-state index contributed by atoms with van der Waals surface area (Å²) in [7, 11) is 0. The van der Waals surface area contributed by atoms with Crippen molar-refractivity contribution in [3.05, 3.63) is 61.4 Å². The Morgan fingerprint density at radius 2 is 1.97 bits per heavy atom. The zero-order chi connectivity index (χ0) is 21.7. The largest absolute Gasteiger partial charge is 0.380 e. The molecule has 0 saturated carbocycles. The van der Waals surface area contributed by atoms with E-state index in [1.54, 1.807) is 11.5 Å². The molecule has 3 aliphatic rings. The molecule has 0 spiro atoms. The van der Waals surface area contributed by atoms with Gasteiger partial charge in [0.15, 0.2) is 6.29 Å². The van der Waals surface area contributed by atoms with Crippen molar-refractivity contribution < 1.29 is 14.9 Å². The van der Waals surface area contributed by atoms with E-state index in [0.717, 1.165) is 41.7 Å². The van der Waals surface area contributed by atoms with Crippen molar-refractivity contribution in [2.45, 2.75) is 71.5 Å². The summed E-state index contributed by atoms with van der Waals surface area (Å²) in [5.74, 6) is 0. The Morgan fingerprint density at radius 3 is 2.74 bits per heavy atom. The van der Waals surface area contributed by atoms with E-state index in [-0.39, 0.29) is 18.6 Å². The van der Waals surface area contributed by atoms with Crippen LogP contribution in [0.4, 0.5) is 0 Å². The molecule has 1 aliphatic carbocycles. The van der Waals surface area contributed by atoms with Crippen LogP contribution in [0.25, 0.3) is 22.3 Å². The fourth-order valence-corrected chi connectivity index (χ4v) is 5.81. The summed E-state index contributed by atoms with van der Waals surface area (Å²) in [6, 6.07) is 4.01. The first-order chi connectivity index (χ1) is 14.8. The van der Waals surface area contributed by atoms with E-state index in [9.17, 15) is 15.0 Å². The number of aryl methyl sites for hydroxylation is 3. The van der Waals surface area contributed by atoms with Gasteiger partial charge in [-0.15, -0.1) is 0 Å². The average Bonchev–Trinajstić information content (AvgIpc) is 3.14. The number of aliphatic hydroxyl groups is 2. The Kier molecular flexibility index (Phi) is 3.86. The number of aliphatic hydroxyl groups excluding tert-OH is 1. The number of nitrogens with zero attached hydrogens (tertiary/aromatic N) is 2. The number of benzene rings is 1. The molecular formula is C25H26N2O4. The zero-order valence-corrected chi connectivity index (χ0v) is 18.1. The van der Waals surface area contributed by atoms with Crippen LogP contribution in [-0.4, -0.2) is 26.1 Å². The highest BCUT2D eigenvalue weighted by Gasteiger charge is 2.44. The summed E-state index contributed by atoms with van der Waals surface area (Å²) < 4.78 is 7.13. The first-order valence-electron chi connectivity index (χ1n) is 11.1. The number of hydrogen-bond acceptors (Lipinski definition) is 5. The third kappa shape index (κ3) is 2.33. The van der Waals surface area contributed by atoms with Crippen molar-refractivity contribution in [3.8, 4) is 11.4 Å². The maximum absolute atomic E-state index is 13.4. The fraction of sp³-hybridized carbons (Fsp3) is 0.440. The smallest absolute Gasteiger partial charge is 0.257 e. The predicted octanol–water partition coefficient (Wildman–Crippen LogP) is 2.98. The molecule has 2 aliphatic heterocycles. The molecule has 0 radical (unpaired) electrons. The van der Waals surface area contributed by atoms with Crippen molar-refractivity contribution in [2.24, 2.45) is 0 Å². The highest BCUT2D eigenvalue weighted by Crippen LogP contribution is 2.43. The second-order valence-corrected chi connectivity index (χ2v) is 9.22. The number of fused-ring (bicyclic) bond motifs is 5. The second kappa shape index (κ2) is 6.25. The predicted molar refractivity (Wildman–Crippen MR) is 117 cm³/mol. The Morgan fingerprint density at radius 1 is 1.19 bits per heavy atom. The van der Waals surface area contributed by atoms with Crippen LogP contribution in [0.3, 0.4) is 0 Å². The van der Waals surface area contributed by atoms with Crippen LogP contribution in [0, 0.1) is 13.8 Å². The summed E-state index contributed by atoms with van der Waals surface area (Å²) in [5, 5.41) is 22.7. The molecule has 0 amide bonds. The van der Waals surface area contributed by atoms with Crippen LogP contribution in [0.1, 0.15) is 58.7 Å². The monoisotopic (exact) mass is 418 g/mol. The Labute approximate surface area is 180 Å². The van der Waals surface area contributed by atoms with Crippen LogP contribution in [0.15, 0.2) is 16.9 Å². The van der Waals surface area contributed by atoms with Gasteiger partial charge in [0.1, 0.15) is 5.60 Å². The molecule has 6 heteroatoms. The van der Waals surface area contributed by atoms with Gasteiger partial charge in [-0.1, -0.05) is 6.92 Å². The number of hydrogen-bond donors (Lipinski definition) is 2. The molecule has 4 heterocycles. The summed E-state index contributed by atoms with van der Waals surface area (Å²) in [6.45, 7) is 6.60. The molecule has 2 aromatic heterocycles. The van der Waals surface area contributed by atoms with Gasteiger partial charge >= 0.3 is 0 Å². The molecule has 6 rings (SSSR count). The lowest BCUT2D eigenvalue weighted by molar-refractivity contribution is -0.236. The standard InChI is InChI=1S/C25H26N2O4/c1-4-25(30)18-9-20-22-16(10-27(20)23(28)17(18)11-31-24(25)29)15-7-5-6-14-13(3)12(2)8-19(26-22)21(14)15/h8-9,24,29-30H,4-7,10-11H2,1-3H3/t24?,25-/m0/s1. The van der Waals surface area contributed by atoms with Crippen molar-refractivity contribution in [1.29, 1.82) is 0 Å². The van der Waals surface area contributed by atoms with Gasteiger partial charge in [-0.2, -0.15) is 0 Å². The van der Waals surface area contributed by atoms with E-state index in [1.165, 1.54) is 27.6 Å². The molecule has 0 bridgehead atoms. The van der Waals surface area contributed by atoms with E-state index < -0.39 is 11.9 Å². The van der Waals surface area contributed by atoms with Gasteiger partial charge in [-0.05, 0) is 73.9 Å². The highest BCUT2D eigenvalue weighted by molar-refractivity contribution is 5.92. The second-order valence-electron chi connectivity index (χ2n) is 9.22. The third-order valence-corrected chi connectivity index (χ3v) is 7.75. The molecule has 31 heavy (non-hydrogen) atoms. The van der Waals surface area contributed by atoms with Crippen LogP contribution < -0.4 is 5.56 Å². The lowest BCUT2D eigenvalue weighted by Gasteiger charge is -2.37. The minimum absolute atomic E-state index is 0.000925. The number of ether oxygens (including phenoxy) is 1. The SMILES string of the molecule is CC[C@]1(O)c2cc3n(c(=O)c2COC1O)Cc1c-3nc2cc(C)c(C)c3c2c1CCC3. The summed E-state index contributed by atoms with van der Waals surface area (Å²) >= 11 is 0. The van der Waals surface area contributed by atoms with E-state index in [0.29, 0.717) is 17.7 Å². The molecular weight excluding hydrogens is 392 g/mol. The first kappa shape index (κ1) is 19.2. The Hall–Kier alpha value is -2.54. The molecule has 3 aromatic rings. The zero-order valence-electron chi connectivity index (χ0n) is 18.1. The van der Waals surface area contributed by atoms with Gasteiger partial charge in [0.25, 0.3) is 5.56 Å². The van der Waals surface area contributed by atoms with Crippen molar-refractivity contribution in [2.75, 3.05) is 0 Å². The van der Waals surface area contributed by atoms with Gasteiger partial charge in [0.05, 0.1) is 30.1 Å². The van der Waals surface area contributed by atoms with E-state index in [2.05, 4.69) is 19.9 Å². The molecule has 2 N–H and O–H groups in total. The number of rotatable bonds is 1. The number of aromatic nitrogens is 2. The third-order valence-electron chi connectivity index (χ3n) is 7.75. The van der Waals surface area contributed by atoms with Crippen molar-refractivity contribution >= 4 is 10.9 Å². The fourth-order valence-electron chi connectivity index (χ4n) is 5.81. The molecule has 0 fully saturated rings. The van der Waals surface area contributed by atoms with E-state index >= 15 is 0 Å². The molecule has 6 nitrogen and oxygen atoms in total. The summed E-state index contributed by atoms with van der Waals surface area (Å²) in [5.41, 5.74) is 8.09. The minimum Gasteiger partial charge on any atom is -0.380 e. The number of pyridine rings is 2. The van der Waals surface area contributed by atoms with Gasteiger partial charge in [0, 0.05) is 22.1 Å². The Balaban J connectivity index is 1.68. The lowest BCUT2D eigenvalue weighted by atomic mass is 9.83.